The quantitative estimate of drug-likeness (QED) is 0.780. The number of hydrogen-bond donors (Lipinski definition) is 1. The third-order valence-electron chi connectivity index (χ3n) is 4.94. The lowest BCUT2D eigenvalue weighted by Crippen LogP contribution is -2.38. The highest BCUT2D eigenvalue weighted by Crippen LogP contribution is 2.21. The van der Waals surface area contributed by atoms with E-state index in [2.05, 4.69) is 20.5 Å². The van der Waals surface area contributed by atoms with Crippen molar-refractivity contribution in [3.05, 3.63) is 47.5 Å². The predicted molar refractivity (Wildman–Crippen MR) is 99.1 cm³/mol. The van der Waals surface area contributed by atoms with E-state index in [1.54, 1.807) is 11.0 Å². The molecule has 1 fully saturated rings. The number of carbonyl (C=O) groups is 1. The van der Waals surface area contributed by atoms with Gasteiger partial charge in [-0.2, -0.15) is 0 Å². The molecule has 1 saturated heterocycles. The Morgan fingerprint density at radius 3 is 2.81 bits per heavy atom. The summed E-state index contributed by atoms with van der Waals surface area (Å²) in [5.41, 5.74) is 5.06. The third kappa shape index (κ3) is 2.94. The van der Waals surface area contributed by atoms with Crippen molar-refractivity contribution in [1.82, 2.24) is 29.8 Å². The molecule has 1 atom stereocenters. The lowest BCUT2D eigenvalue weighted by Gasteiger charge is -2.23. The number of likely N-dealkylation sites (N-methyl/N-ethyl adjacent to an activating group) is 1. The van der Waals surface area contributed by atoms with Crippen LogP contribution >= 0.6 is 0 Å². The number of fused-ring (bicyclic) bond motifs is 1. The summed E-state index contributed by atoms with van der Waals surface area (Å²) in [6, 6.07) is 5.87. The molecular formula is C19H22N6O. The van der Waals surface area contributed by atoms with Crippen LogP contribution in [-0.4, -0.2) is 56.6 Å². The Bertz CT molecular complexity index is 956. The number of imidazole rings is 1. The molecule has 3 aromatic rings. The molecule has 4 heterocycles. The van der Waals surface area contributed by atoms with E-state index in [4.69, 9.17) is 0 Å². The fraction of sp³-hybridized carbons (Fsp3) is 0.368. The van der Waals surface area contributed by atoms with E-state index in [0.29, 0.717) is 5.69 Å². The first-order chi connectivity index (χ1) is 12.5. The predicted octanol–water partition coefficient (Wildman–Crippen LogP) is 1.84. The second-order valence-electron chi connectivity index (χ2n) is 6.89. The Morgan fingerprint density at radius 2 is 2.12 bits per heavy atom. The number of pyridine rings is 1. The highest BCUT2D eigenvalue weighted by Gasteiger charge is 2.25. The van der Waals surface area contributed by atoms with Gasteiger partial charge in [0.05, 0.1) is 11.4 Å². The van der Waals surface area contributed by atoms with Crippen molar-refractivity contribution in [1.29, 1.82) is 0 Å². The summed E-state index contributed by atoms with van der Waals surface area (Å²) in [7, 11) is 1.83. The van der Waals surface area contributed by atoms with Gasteiger partial charge in [0.2, 0.25) is 0 Å². The smallest absolute Gasteiger partial charge is 0.274 e. The maximum Gasteiger partial charge on any atom is 0.274 e. The summed E-state index contributed by atoms with van der Waals surface area (Å²) in [6.45, 7) is 5.78. The molecule has 26 heavy (non-hydrogen) atoms. The van der Waals surface area contributed by atoms with Gasteiger partial charge in [-0.3, -0.25) is 4.79 Å². The Kier molecular flexibility index (Phi) is 4.16. The van der Waals surface area contributed by atoms with Crippen molar-refractivity contribution in [2.24, 2.45) is 0 Å². The Balaban J connectivity index is 1.60. The highest BCUT2D eigenvalue weighted by molar-refractivity contribution is 5.92. The number of rotatable bonds is 3. The van der Waals surface area contributed by atoms with Crippen LogP contribution in [-0.2, 0) is 0 Å². The number of carbonyl (C=O) groups excluding carboxylic acids is 1. The molecule has 0 aromatic carbocycles. The molecule has 1 aliphatic rings. The van der Waals surface area contributed by atoms with E-state index in [9.17, 15) is 4.79 Å². The summed E-state index contributed by atoms with van der Waals surface area (Å²) >= 11 is 0. The molecule has 0 bridgehead atoms. The van der Waals surface area contributed by atoms with Crippen LogP contribution in [0.15, 0.2) is 30.6 Å². The van der Waals surface area contributed by atoms with Crippen LogP contribution in [0, 0.1) is 13.8 Å². The van der Waals surface area contributed by atoms with Gasteiger partial charge < -0.3 is 14.6 Å². The maximum absolute atomic E-state index is 12.6. The van der Waals surface area contributed by atoms with E-state index in [0.717, 1.165) is 47.7 Å². The van der Waals surface area contributed by atoms with Crippen molar-refractivity contribution in [3.8, 4) is 11.3 Å². The van der Waals surface area contributed by atoms with Crippen LogP contribution in [0.3, 0.4) is 0 Å². The van der Waals surface area contributed by atoms with Gasteiger partial charge in [0.15, 0.2) is 5.69 Å². The Hall–Kier alpha value is -2.80. The van der Waals surface area contributed by atoms with E-state index < -0.39 is 0 Å². The zero-order valence-corrected chi connectivity index (χ0v) is 15.2. The van der Waals surface area contributed by atoms with Crippen LogP contribution in [0.2, 0.25) is 0 Å². The molecule has 7 heteroatoms. The van der Waals surface area contributed by atoms with Gasteiger partial charge >= 0.3 is 0 Å². The maximum atomic E-state index is 12.6. The summed E-state index contributed by atoms with van der Waals surface area (Å²) in [5.74, 6) is -0.0883. The van der Waals surface area contributed by atoms with Gasteiger partial charge in [0.25, 0.3) is 5.91 Å². The zero-order chi connectivity index (χ0) is 18.3. The van der Waals surface area contributed by atoms with Crippen molar-refractivity contribution < 1.29 is 4.79 Å². The molecule has 4 rings (SSSR count). The van der Waals surface area contributed by atoms with Gasteiger partial charge in [-0.05, 0) is 50.6 Å². The molecule has 1 N–H and O–H groups in total. The second kappa shape index (κ2) is 6.49. The summed E-state index contributed by atoms with van der Waals surface area (Å²) in [6.07, 6.45) is 4.95. The van der Waals surface area contributed by atoms with E-state index in [1.165, 1.54) is 0 Å². The highest BCUT2D eigenvalue weighted by atomic mass is 16.2. The number of nitrogens with one attached hydrogen (secondary N) is 1. The molecule has 7 nitrogen and oxygen atoms in total. The molecule has 0 spiro atoms. The molecule has 0 saturated carbocycles. The van der Waals surface area contributed by atoms with Crippen LogP contribution in [0.1, 0.15) is 28.2 Å². The van der Waals surface area contributed by atoms with Gasteiger partial charge in [-0.15, -0.1) is 10.2 Å². The molecular weight excluding hydrogens is 328 g/mol. The molecule has 134 valence electrons. The standard InChI is InChI=1S/C19H22N6O/c1-12-8-14(11-25-10-13(2)21-18(12)25)16-4-5-17(23-22-16)19(26)24(3)15-6-7-20-9-15/h4-5,8,10-11,15,20H,6-7,9H2,1-3H3. The van der Waals surface area contributed by atoms with Crippen molar-refractivity contribution in [2.45, 2.75) is 26.3 Å². The van der Waals surface area contributed by atoms with Crippen LogP contribution in [0.25, 0.3) is 16.9 Å². The second-order valence-corrected chi connectivity index (χ2v) is 6.89. The fourth-order valence-electron chi connectivity index (χ4n) is 3.45. The monoisotopic (exact) mass is 350 g/mol. The van der Waals surface area contributed by atoms with Crippen molar-refractivity contribution in [3.63, 3.8) is 0 Å². The number of aromatic nitrogens is 4. The Labute approximate surface area is 152 Å². The molecule has 1 aliphatic heterocycles. The van der Waals surface area contributed by atoms with Gasteiger partial charge in [-0.25, -0.2) is 4.98 Å². The third-order valence-corrected chi connectivity index (χ3v) is 4.94. The largest absolute Gasteiger partial charge is 0.336 e. The zero-order valence-electron chi connectivity index (χ0n) is 15.2. The minimum Gasteiger partial charge on any atom is -0.336 e. The molecule has 0 aliphatic carbocycles. The molecule has 1 amide bonds. The average molecular weight is 350 g/mol. The van der Waals surface area contributed by atoms with Gasteiger partial charge in [0.1, 0.15) is 5.65 Å². The van der Waals surface area contributed by atoms with E-state index in [1.807, 2.05) is 49.8 Å². The minimum atomic E-state index is -0.0883. The number of amides is 1. The SMILES string of the molecule is Cc1cn2cc(-c3ccc(C(=O)N(C)C4CCNC4)nn3)cc(C)c2n1. The first-order valence-corrected chi connectivity index (χ1v) is 8.81. The lowest BCUT2D eigenvalue weighted by molar-refractivity contribution is 0.0736. The van der Waals surface area contributed by atoms with Crippen molar-refractivity contribution in [2.75, 3.05) is 20.1 Å². The first-order valence-electron chi connectivity index (χ1n) is 8.81. The number of nitrogens with zero attached hydrogens (tertiary/aromatic N) is 5. The fourth-order valence-corrected chi connectivity index (χ4v) is 3.45. The van der Waals surface area contributed by atoms with E-state index >= 15 is 0 Å². The number of hydrogen-bond acceptors (Lipinski definition) is 5. The summed E-state index contributed by atoms with van der Waals surface area (Å²) < 4.78 is 2.00. The molecule has 1 unspecified atom stereocenters. The topological polar surface area (TPSA) is 75.4 Å². The normalized spacial score (nSPS) is 17.0. The Morgan fingerprint density at radius 1 is 1.27 bits per heavy atom. The van der Waals surface area contributed by atoms with E-state index in [-0.39, 0.29) is 11.9 Å². The first kappa shape index (κ1) is 16.7. The van der Waals surface area contributed by atoms with Crippen molar-refractivity contribution >= 4 is 11.6 Å². The lowest BCUT2D eigenvalue weighted by atomic mass is 10.1. The van der Waals surface area contributed by atoms with Crippen LogP contribution in [0.5, 0.6) is 0 Å². The average Bonchev–Trinajstić information content (AvgIpc) is 3.30. The summed E-state index contributed by atoms with van der Waals surface area (Å²) in [4.78, 5) is 18.9. The van der Waals surface area contributed by atoms with Gasteiger partial charge in [-0.1, -0.05) is 0 Å². The minimum absolute atomic E-state index is 0.0883. The molecule has 3 aromatic heterocycles. The summed E-state index contributed by atoms with van der Waals surface area (Å²) in [5, 5.41) is 11.7. The number of aryl methyl sites for hydroxylation is 2. The van der Waals surface area contributed by atoms with Crippen LogP contribution < -0.4 is 5.32 Å². The molecule has 0 radical (unpaired) electrons. The van der Waals surface area contributed by atoms with Crippen LogP contribution in [0.4, 0.5) is 0 Å². The van der Waals surface area contributed by atoms with Gasteiger partial charge in [0, 0.05) is 37.6 Å².